The van der Waals surface area contributed by atoms with Crippen LogP contribution >= 0.6 is 0 Å². The van der Waals surface area contributed by atoms with Gasteiger partial charge in [0.15, 0.2) is 5.78 Å². The lowest BCUT2D eigenvalue weighted by Gasteiger charge is -2.33. The third-order valence-corrected chi connectivity index (χ3v) is 2.65. The molecule has 0 aromatic rings. The number of hydrogen-bond donors (Lipinski definition) is 0. The largest absolute Gasteiger partial charge is 0.295 e. The highest BCUT2D eigenvalue weighted by atomic mass is 16.1. The zero-order valence-corrected chi connectivity index (χ0v) is 7.84. The molecule has 0 spiro atoms. The summed E-state index contributed by atoms with van der Waals surface area (Å²) in [5, 5.41) is 0. The van der Waals surface area contributed by atoms with Crippen LogP contribution in [0, 0.1) is 11.3 Å². The monoisotopic (exact) mass is 164 g/mol. The van der Waals surface area contributed by atoms with Gasteiger partial charge in [-0.25, -0.2) is 0 Å². The summed E-state index contributed by atoms with van der Waals surface area (Å²) in [5.41, 5.74) is 0.155. The molecule has 0 bridgehead atoms. The lowest BCUT2D eigenvalue weighted by Crippen LogP contribution is -2.27. The molecule has 1 heteroatoms. The number of rotatable bonds is 2. The van der Waals surface area contributed by atoms with Crippen LogP contribution in [0.15, 0.2) is 24.8 Å². The van der Waals surface area contributed by atoms with Crippen molar-refractivity contribution in [3.63, 3.8) is 0 Å². The summed E-state index contributed by atoms with van der Waals surface area (Å²) in [7, 11) is 0. The van der Waals surface area contributed by atoms with Crippen LogP contribution in [0.5, 0.6) is 0 Å². The topological polar surface area (TPSA) is 17.1 Å². The summed E-state index contributed by atoms with van der Waals surface area (Å²) in [6, 6.07) is 0. The van der Waals surface area contributed by atoms with Gasteiger partial charge in [0.2, 0.25) is 0 Å². The van der Waals surface area contributed by atoms with Crippen molar-refractivity contribution in [3.05, 3.63) is 24.8 Å². The number of ketones is 1. The van der Waals surface area contributed by atoms with E-state index in [1.807, 2.05) is 12.2 Å². The first kappa shape index (κ1) is 9.24. The summed E-state index contributed by atoms with van der Waals surface area (Å²) in [6.45, 7) is 8.05. The smallest absolute Gasteiger partial charge is 0.155 e. The second kappa shape index (κ2) is 3.26. The van der Waals surface area contributed by atoms with Gasteiger partial charge in [-0.05, 0) is 23.8 Å². The predicted octanol–water partition coefficient (Wildman–Crippen LogP) is 2.73. The molecular weight excluding hydrogens is 148 g/mol. The van der Waals surface area contributed by atoms with Gasteiger partial charge < -0.3 is 0 Å². The van der Waals surface area contributed by atoms with E-state index in [0.29, 0.717) is 12.3 Å². The van der Waals surface area contributed by atoms with E-state index in [4.69, 9.17) is 0 Å². The maximum absolute atomic E-state index is 11.1. The molecule has 0 radical (unpaired) electrons. The molecule has 1 unspecified atom stereocenters. The summed E-state index contributed by atoms with van der Waals surface area (Å²) in [6.07, 6.45) is 7.24. The molecule has 0 aliphatic heterocycles. The van der Waals surface area contributed by atoms with Crippen molar-refractivity contribution in [2.45, 2.75) is 26.7 Å². The predicted molar refractivity (Wildman–Crippen MR) is 50.8 cm³/mol. The molecule has 1 nitrogen and oxygen atoms in total. The lowest BCUT2D eigenvalue weighted by molar-refractivity contribution is -0.116. The Balaban J connectivity index is 2.78. The van der Waals surface area contributed by atoms with Gasteiger partial charge in [0, 0.05) is 6.42 Å². The maximum Gasteiger partial charge on any atom is 0.155 e. The Morgan fingerprint density at radius 2 is 2.42 bits per heavy atom. The molecule has 0 aromatic carbocycles. The number of carbonyl (C=O) groups is 1. The van der Waals surface area contributed by atoms with Crippen LogP contribution in [-0.2, 0) is 4.79 Å². The van der Waals surface area contributed by atoms with E-state index in [9.17, 15) is 4.79 Å². The van der Waals surface area contributed by atoms with Crippen LogP contribution in [0.1, 0.15) is 26.7 Å². The highest BCUT2D eigenvalue weighted by Crippen LogP contribution is 2.36. The minimum absolute atomic E-state index is 0.155. The van der Waals surface area contributed by atoms with Crippen LogP contribution in [-0.4, -0.2) is 5.78 Å². The number of hydrogen-bond acceptors (Lipinski definition) is 1. The summed E-state index contributed by atoms with van der Waals surface area (Å²) >= 11 is 0. The van der Waals surface area contributed by atoms with Crippen molar-refractivity contribution < 1.29 is 4.79 Å². The first-order valence-electron chi connectivity index (χ1n) is 4.39. The fraction of sp³-hybridized carbons (Fsp3) is 0.545. The van der Waals surface area contributed by atoms with Crippen molar-refractivity contribution in [1.82, 2.24) is 0 Å². The molecule has 0 heterocycles. The van der Waals surface area contributed by atoms with E-state index < -0.39 is 0 Å². The number of carbonyl (C=O) groups excluding carboxylic acids is 1. The Morgan fingerprint density at radius 3 is 3.00 bits per heavy atom. The van der Waals surface area contributed by atoms with E-state index >= 15 is 0 Å². The Morgan fingerprint density at radius 1 is 1.75 bits per heavy atom. The van der Waals surface area contributed by atoms with E-state index in [1.54, 1.807) is 6.08 Å². The molecule has 0 N–H and O–H groups in total. The van der Waals surface area contributed by atoms with Crippen LogP contribution < -0.4 is 0 Å². The maximum atomic E-state index is 11.1. The van der Waals surface area contributed by atoms with Gasteiger partial charge in [0.05, 0.1) is 0 Å². The van der Waals surface area contributed by atoms with Gasteiger partial charge in [-0.1, -0.05) is 26.0 Å². The average molecular weight is 164 g/mol. The first-order valence-corrected chi connectivity index (χ1v) is 4.39. The van der Waals surface area contributed by atoms with E-state index in [-0.39, 0.29) is 11.2 Å². The van der Waals surface area contributed by atoms with E-state index in [1.165, 1.54) is 0 Å². The van der Waals surface area contributed by atoms with Crippen molar-refractivity contribution in [2.24, 2.45) is 11.3 Å². The molecule has 1 rings (SSSR count). The third-order valence-electron chi connectivity index (χ3n) is 2.65. The van der Waals surface area contributed by atoms with Crippen LogP contribution in [0.3, 0.4) is 0 Å². The molecule has 0 fully saturated rings. The van der Waals surface area contributed by atoms with Crippen molar-refractivity contribution in [1.29, 1.82) is 0 Å². The quantitative estimate of drug-likeness (QED) is 0.573. The molecule has 12 heavy (non-hydrogen) atoms. The van der Waals surface area contributed by atoms with Gasteiger partial charge in [-0.15, -0.1) is 6.58 Å². The van der Waals surface area contributed by atoms with Crippen LogP contribution in [0.4, 0.5) is 0 Å². The molecule has 0 saturated carbocycles. The zero-order valence-electron chi connectivity index (χ0n) is 7.84. The van der Waals surface area contributed by atoms with Crippen LogP contribution in [0.2, 0.25) is 0 Å². The highest BCUT2D eigenvalue weighted by molar-refractivity contribution is 5.90. The van der Waals surface area contributed by atoms with Gasteiger partial charge >= 0.3 is 0 Å². The minimum Gasteiger partial charge on any atom is -0.295 e. The van der Waals surface area contributed by atoms with Gasteiger partial charge in [0.1, 0.15) is 0 Å². The SMILES string of the molecule is C=CCC1CC(=O)C=CC1(C)C. The van der Waals surface area contributed by atoms with Crippen LogP contribution in [0.25, 0.3) is 0 Å². The molecule has 0 amide bonds. The van der Waals surface area contributed by atoms with Crippen molar-refractivity contribution in [3.8, 4) is 0 Å². The van der Waals surface area contributed by atoms with Gasteiger partial charge in [0.25, 0.3) is 0 Å². The molecule has 0 aromatic heterocycles. The highest BCUT2D eigenvalue weighted by Gasteiger charge is 2.30. The van der Waals surface area contributed by atoms with E-state index in [2.05, 4.69) is 20.4 Å². The Kier molecular flexibility index (Phi) is 2.51. The zero-order chi connectivity index (χ0) is 9.19. The molecule has 1 aliphatic rings. The number of allylic oxidation sites excluding steroid dienone is 3. The molecular formula is C11H16O. The van der Waals surface area contributed by atoms with Gasteiger partial charge in [-0.2, -0.15) is 0 Å². The molecule has 0 saturated heterocycles. The molecule has 66 valence electrons. The Hall–Kier alpha value is -0.850. The Labute approximate surface area is 74.2 Å². The Bertz CT molecular complexity index is 223. The van der Waals surface area contributed by atoms with Crippen molar-refractivity contribution in [2.75, 3.05) is 0 Å². The minimum atomic E-state index is 0.155. The first-order chi connectivity index (χ1) is 5.56. The normalized spacial score (nSPS) is 27.2. The third kappa shape index (κ3) is 1.84. The average Bonchev–Trinajstić information content (AvgIpc) is 1.98. The fourth-order valence-electron chi connectivity index (χ4n) is 1.61. The van der Waals surface area contributed by atoms with Gasteiger partial charge in [-0.3, -0.25) is 4.79 Å². The molecule has 1 aliphatic carbocycles. The second-order valence-corrected chi connectivity index (χ2v) is 4.05. The second-order valence-electron chi connectivity index (χ2n) is 4.05. The lowest BCUT2D eigenvalue weighted by atomic mass is 9.71. The summed E-state index contributed by atoms with van der Waals surface area (Å²) in [5.74, 6) is 0.689. The summed E-state index contributed by atoms with van der Waals surface area (Å²) in [4.78, 5) is 11.1. The fourth-order valence-corrected chi connectivity index (χ4v) is 1.61. The molecule has 1 atom stereocenters. The van der Waals surface area contributed by atoms with Crippen molar-refractivity contribution >= 4 is 5.78 Å². The standard InChI is InChI=1S/C11H16O/c1-4-5-9-8-10(12)6-7-11(9,2)3/h4,6-7,9H,1,5,8H2,2-3H3. The van der Waals surface area contributed by atoms with E-state index in [0.717, 1.165) is 6.42 Å². The summed E-state index contributed by atoms with van der Waals surface area (Å²) < 4.78 is 0.